The molecule has 1 aliphatic rings. The lowest BCUT2D eigenvalue weighted by atomic mass is 9.89. The Morgan fingerprint density at radius 1 is 1.56 bits per heavy atom. The van der Waals surface area contributed by atoms with Gasteiger partial charge in [-0.3, -0.25) is 4.79 Å². The zero-order valence-electron chi connectivity index (χ0n) is 11.7. The van der Waals surface area contributed by atoms with Crippen LogP contribution in [-0.2, 0) is 9.53 Å². The highest BCUT2D eigenvalue weighted by Crippen LogP contribution is 2.19. The molecule has 0 aliphatic carbocycles. The van der Waals surface area contributed by atoms with Crippen LogP contribution in [0, 0.1) is 11.8 Å². The van der Waals surface area contributed by atoms with Gasteiger partial charge in [0.05, 0.1) is 12.5 Å². The summed E-state index contributed by atoms with van der Waals surface area (Å²) in [5.41, 5.74) is 5.50. The van der Waals surface area contributed by atoms with Gasteiger partial charge in [0.25, 0.3) is 0 Å². The van der Waals surface area contributed by atoms with Gasteiger partial charge in [-0.05, 0) is 32.1 Å². The Morgan fingerprint density at radius 2 is 2.22 bits per heavy atom. The first-order chi connectivity index (χ1) is 7.97. The number of rotatable bonds is 5. The van der Waals surface area contributed by atoms with E-state index in [-0.39, 0.29) is 29.8 Å². The van der Waals surface area contributed by atoms with Crippen molar-refractivity contribution >= 4 is 18.3 Å². The monoisotopic (exact) mass is 278 g/mol. The Bertz CT molecular complexity index is 255. The maximum Gasteiger partial charge on any atom is 0.225 e. The van der Waals surface area contributed by atoms with E-state index < -0.39 is 0 Å². The molecule has 1 saturated heterocycles. The number of ether oxygens (including phenoxy) is 1. The Labute approximate surface area is 116 Å². The summed E-state index contributed by atoms with van der Waals surface area (Å²) in [4.78, 5) is 12.1. The largest absolute Gasteiger partial charge is 0.381 e. The van der Waals surface area contributed by atoms with E-state index in [2.05, 4.69) is 19.2 Å². The predicted molar refractivity (Wildman–Crippen MR) is 75.8 cm³/mol. The Kier molecular flexibility index (Phi) is 7.83. The van der Waals surface area contributed by atoms with Crippen molar-refractivity contribution in [2.24, 2.45) is 17.6 Å². The van der Waals surface area contributed by atoms with Crippen molar-refractivity contribution in [1.29, 1.82) is 0 Å². The summed E-state index contributed by atoms with van der Waals surface area (Å²) in [5.74, 6) is 0.617. The third kappa shape index (κ3) is 5.55. The third-order valence-electron chi connectivity index (χ3n) is 3.27. The van der Waals surface area contributed by atoms with Crippen LogP contribution in [0.15, 0.2) is 0 Å². The zero-order valence-corrected chi connectivity index (χ0v) is 12.5. The molecule has 0 spiro atoms. The molecule has 4 nitrogen and oxygen atoms in total. The topological polar surface area (TPSA) is 64.3 Å². The Balaban J connectivity index is 0.00000289. The van der Waals surface area contributed by atoms with Gasteiger partial charge in [0.2, 0.25) is 5.91 Å². The fourth-order valence-corrected chi connectivity index (χ4v) is 2.43. The smallest absolute Gasteiger partial charge is 0.225 e. The van der Waals surface area contributed by atoms with Crippen LogP contribution in [0.3, 0.4) is 0 Å². The molecule has 2 unspecified atom stereocenters. The van der Waals surface area contributed by atoms with Gasteiger partial charge >= 0.3 is 0 Å². The number of hydrogen-bond acceptors (Lipinski definition) is 3. The van der Waals surface area contributed by atoms with Crippen LogP contribution < -0.4 is 11.1 Å². The molecule has 3 N–H and O–H groups in total. The van der Waals surface area contributed by atoms with Gasteiger partial charge in [-0.25, -0.2) is 0 Å². The highest BCUT2D eigenvalue weighted by atomic mass is 35.5. The van der Waals surface area contributed by atoms with Gasteiger partial charge < -0.3 is 15.8 Å². The molecule has 0 radical (unpaired) electrons. The minimum Gasteiger partial charge on any atom is -0.381 e. The van der Waals surface area contributed by atoms with Gasteiger partial charge in [0, 0.05) is 18.7 Å². The van der Waals surface area contributed by atoms with Crippen molar-refractivity contribution in [3.8, 4) is 0 Å². The van der Waals surface area contributed by atoms with Gasteiger partial charge in [-0.2, -0.15) is 0 Å². The number of nitrogens with one attached hydrogen (secondary N) is 1. The molecule has 0 aromatic heterocycles. The molecule has 1 rings (SSSR count). The van der Waals surface area contributed by atoms with Crippen LogP contribution in [-0.4, -0.2) is 31.2 Å². The number of halogens is 1. The van der Waals surface area contributed by atoms with Crippen LogP contribution in [0.5, 0.6) is 0 Å². The maximum absolute atomic E-state index is 12.1. The second kappa shape index (κ2) is 7.97. The lowest BCUT2D eigenvalue weighted by Gasteiger charge is -2.33. The lowest BCUT2D eigenvalue weighted by Crippen LogP contribution is -2.54. The van der Waals surface area contributed by atoms with Crippen molar-refractivity contribution < 1.29 is 9.53 Å². The van der Waals surface area contributed by atoms with E-state index in [9.17, 15) is 4.79 Å². The van der Waals surface area contributed by atoms with Crippen LogP contribution in [0.1, 0.15) is 40.0 Å². The van der Waals surface area contributed by atoms with E-state index in [0.29, 0.717) is 19.1 Å². The Hall–Kier alpha value is -0.320. The molecular weight excluding hydrogens is 252 g/mol. The molecule has 0 bridgehead atoms. The summed E-state index contributed by atoms with van der Waals surface area (Å²) >= 11 is 0. The summed E-state index contributed by atoms with van der Waals surface area (Å²) in [7, 11) is 0. The number of amides is 1. The molecule has 108 valence electrons. The maximum atomic E-state index is 12.1. The second-order valence-corrected chi connectivity index (χ2v) is 5.77. The van der Waals surface area contributed by atoms with Crippen LogP contribution in [0.25, 0.3) is 0 Å². The minimum atomic E-state index is -0.289. The summed E-state index contributed by atoms with van der Waals surface area (Å²) in [5, 5.41) is 3.10. The fraction of sp³-hybridized carbons (Fsp3) is 0.923. The van der Waals surface area contributed by atoms with Crippen LogP contribution in [0.4, 0.5) is 0 Å². The van der Waals surface area contributed by atoms with E-state index in [4.69, 9.17) is 10.5 Å². The molecular formula is C13H27ClN2O2. The summed E-state index contributed by atoms with van der Waals surface area (Å²) in [6.45, 7) is 8.12. The minimum absolute atomic E-state index is 0. The van der Waals surface area contributed by atoms with Crippen molar-refractivity contribution in [3.05, 3.63) is 0 Å². The van der Waals surface area contributed by atoms with E-state index in [0.717, 1.165) is 25.9 Å². The molecule has 0 aromatic rings. The Morgan fingerprint density at radius 3 is 2.67 bits per heavy atom. The highest BCUT2D eigenvalue weighted by molar-refractivity contribution is 5.85. The number of nitrogens with two attached hydrogens (primary N) is 1. The average molecular weight is 279 g/mol. The van der Waals surface area contributed by atoms with E-state index in [1.165, 1.54) is 0 Å². The van der Waals surface area contributed by atoms with Crippen molar-refractivity contribution in [3.63, 3.8) is 0 Å². The third-order valence-corrected chi connectivity index (χ3v) is 3.27. The number of hydrogen-bond donors (Lipinski definition) is 2. The molecule has 1 aliphatic heterocycles. The normalized spacial score (nSPS) is 23.1. The highest BCUT2D eigenvalue weighted by Gasteiger charge is 2.30. The molecule has 18 heavy (non-hydrogen) atoms. The molecule has 0 aromatic carbocycles. The van der Waals surface area contributed by atoms with Crippen LogP contribution in [0.2, 0.25) is 0 Å². The summed E-state index contributed by atoms with van der Waals surface area (Å²) in [6.07, 6.45) is 2.80. The zero-order chi connectivity index (χ0) is 12.9. The first-order valence-corrected chi connectivity index (χ1v) is 6.56. The summed E-state index contributed by atoms with van der Waals surface area (Å²) in [6, 6.07) is 0. The molecule has 0 saturated carbocycles. The summed E-state index contributed by atoms with van der Waals surface area (Å²) < 4.78 is 5.34. The van der Waals surface area contributed by atoms with Gasteiger partial charge in [0.15, 0.2) is 0 Å². The van der Waals surface area contributed by atoms with Crippen molar-refractivity contribution in [2.75, 3.05) is 19.8 Å². The number of carbonyl (C=O) groups is 1. The first kappa shape index (κ1) is 17.7. The van der Waals surface area contributed by atoms with E-state index >= 15 is 0 Å². The van der Waals surface area contributed by atoms with E-state index in [1.807, 2.05) is 6.92 Å². The van der Waals surface area contributed by atoms with Crippen molar-refractivity contribution in [1.82, 2.24) is 5.32 Å². The predicted octanol–water partition coefficient (Wildman–Crippen LogP) is 1.71. The molecule has 2 atom stereocenters. The van der Waals surface area contributed by atoms with Gasteiger partial charge in [-0.15, -0.1) is 12.4 Å². The van der Waals surface area contributed by atoms with E-state index in [1.54, 1.807) is 0 Å². The molecule has 1 fully saturated rings. The molecule has 5 heteroatoms. The molecule has 1 amide bonds. The number of carbonyl (C=O) groups excluding carboxylic acids is 1. The quantitative estimate of drug-likeness (QED) is 0.805. The standard InChI is InChI=1S/C13H26N2O2.ClH/c1-10(2)7-13(3,9-14)15-12(16)11-5-4-6-17-8-11;/h10-11H,4-9,14H2,1-3H3,(H,15,16);1H. The lowest BCUT2D eigenvalue weighted by molar-refractivity contribution is -0.130. The first-order valence-electron chi connectivity index (χ1n) is 6.56. The molecule has 1 heterocycles. The fourth-order valence-electron chi connectivity index (χ4n) is 2.43. The van der Waals surface area contributed by atoms with Gasteiger partial charge in [0.1, 0.15) is 0 Å². The SMILES string of the molecule is CC(C)CC(C)(CN)NC(=O)C1CCCOC1.Cl. The van der Waals surface area contributed by atoms with Gasteiger partial charge in [-0.1, -0.05) is 13.8 Å². The average Bonchev–Trinajstić information content (AvgIpc) is 2.29. The second-order valence-electron chi connectivity index (χ2n) is 5.77. The van der Waals surface area contributed by atoms with Crippen molar-refractivity contribution in [2.45, 2.75) is 45.6 Å². The van der Waals surface area contributed by atoms with Crippen LogP contribution >= 0.6 is 12.4 Å².